The molecule has 2 aliphatic carbocycles. The normalized spacial score (nSPS) is 26.0. The topological polar surface area (TPSA) is 84.5 Å². The number of esters is 1. The monoisotopic (exact) mass is 310 g/mol. The molecule has 0 aromatic rings. The molecule has 6 nitrogen and oxygen atoms in total. The van der Waals surface area contributed by atoms with E-state index >= 15 is 0 Å². The Hall–Kier alpha value is -1.59. The molecule has 6 heteroatoms. The average molecular weight is 310 g/mol. The van der Waals surface area contributed by atoms with Gasteiger partial charge in [-0.15, -0.1) is 0 Å². The van der Waals surface area contributed by atoms with Gasteiger partial charge in [-0.05, 0) is 50.9 Å². The Labute approximate surface area is 131 Å². The molecule has 2 bridgehead atoms. The van der Waals surface area contributed by atoms with E-state index in [0.29, 0.717) is 18.3 Å². The molecule has 0 aromatic heterocycles. The fraction of sp³-hybridized carbons (Fsp3) is 0.812. The van der Waals surface area contributed by atoms with Crippen LogP contribution in [-0.4, -0.2) is 37.0 Å². The number of fused-ring (bicyclic) bond motifs is 2. The first-order valence-corrected chi connectivity index (χ1v) is 8.15. The molecular formula is C16H26N2O4. The Morgan fingerprint density at radius 1 is 1.14 bits per heavy atom. The van der Waals surface area contributed by atoms with E-state index in [1.807, 2.05) is 13.8 Å². The van der Waals surface area contributed by atoms with Gasteiger partial charge in [0, 0.05) is 12.5 Å². The number of nitrogens with one attached hydrogen (secondary N) is 2. The van der Waals surface area contributed by atoms with E-state index in [2.05, 4.69) is 10.6 Å². The van der Waals surface area contributed by atoms with Crippen LogP contribution in [0.2, 0.25) is 0 Å². The van der Waals surface area contributed by atoms with E-state index in [-0.39, 0.29) is 31.1 Å². The Kier molecular flexibility index (Phi) is 5.80. The van der Waals surface area contributed by atoms with Crippen LogP contribution in [-0.2, 0) is 19.1 Å². The summed E-state index contributed by atoms with van der Waals surface area (Å²) >= 11 is 0. The highest BCUT2D eigenvalue weighted by molar-refractivity contribution is 5.86. The van der Waals surface area contributed by atoms with Gasteiger partial charge in [-0.1, -0.05) is 6.42 Å². The minimum absolute atomic E-state index is 0.0315. The number of carbonyl (C=O) groups excluding carboxylic acids is 3. The van der Waals surface area contributed by atoms with Crippen molar-refractivity contribution in [3.05, 3.63) is 0 Å². The Balaban J connectivity index is 1.58. The third kappa shape index (κ3) is 5.00. The Bertz CT molecular complexity index is 436. The molecule has 0 aliphatic heterocycles. The van der Waals surface area contributed by atoms with Crippen molar-refractivity contribution in [1.29, 1.82) is 0 Å². The summed E-state index contributed by atoms with van der Waals surface area (Å²) in [7, 11) is 0. The van der Waals surface area contributed by atoms with E-state index in [0.717, 1.165) is 12.3 Å². The fourth-order valence-electron chi connectivity index (χ4n) is 3.65. The Morgan fingerprint density at radius 3 is 2.50 bits per heavy atom. The fourth-order valence-corrected chi connectivity index (χ4v) is 3.65. The molecule has 2 aliphatic rings. The first-order valence-electron chi connectivity index (χ1n) is 8.15. The van der Waals surface area contributed by atoms with Gasteiger partial charge in [-0.25, -0.2) is 0 Å². The quantitative estimate of drug-likeness (QED) is 0.687. The van der Waals surface area contributed by atoms with E-state index in [1.165, 1.54) is 19.3 Å². The zero-order valence-corrected chi connectivity index (χ0v) is 13.4. The average Bonchev–Trinajstić information content (AvgIpc) is 3.04. The maximum absolute atomic E-state index is 11.8. The number of ether oxygens (including phenoxy) is 1. The molecule has 2 rings (SSSR count). The number of amides is 2. The summed E-state index contributed by atoms with van der Waals surface area (Å²) in [5.74, 6) is 0.902. The van der Waals surface area contributed by atoms with E-state index in [1.54, 1.807) is 0 Å². The summed E-state index contributed by atoms with van der Waals surface area (Å²) in [5.41, 5.74) is 0. The summed E-state index contributed by atoms with van der Waals surface area (Å²) in [4.78, 5) is 34.7. The van der Waals surface area contributed by atoms with Gasteiger partial charge >= 0.3 is 5.97 Å². The third-order valence-corrected chi connectivity index (χ3v) is 4.57. The molecule has 0 saturated heterocycles. The summed E-state index contributed by atoms with van der Waals surface area (Å²) in [6.45, 7) is 3.28. The predicted octanol–water partition coefficient (Wildman–Crippen LogP) is 0.997. The van der Waals surface area contributed by atoms with Crippen LogP contribution >= 0.6 is 0 Å². The smallest absolute Gasteiger partial charge is 0.306 e. The van der Waals surface area contributed by atoms with Gasteiger partial charge in [0.25, 0.3) is 5.91 Å². The highest BCUT2D eigenvalue weighted by Gasteiger charge is 2.40. The van der Waals surface area contributed by atoms with Gasteiger partial charge in [-0.2, -0.15) is 0 Å². The molecule has 2 amide bonds. The second-order valence-electron chi connectivity index (χ2n) is 6.80. The van der Waals surface area contributed by atoms with Crippen LogP contribution in [0.1, 0.15) is 46.0 Å². The first kappa shape index (κ1) is 16.8. The maximum Gasteiger partial charge on any atom is 0.306 e. The first-order chi connectivity index (χ1) is 10.4. The van der Waals surface area contributed by atoms with Gasteiger partial charge in [0.05, 0.1) is 6.54 Å². The second kappa shape index (κ2) is 7.61. The van der Waals surface area contributed by atoms with Crippen molar-refractivity contribution < 1.29 is 19.1 Å². The number of rotatable bonds is 7. The molecule has 0 spiro atoms. The summed E-state index contributed by atoms with van der Waals surface area (Å²) in [6, 6.07) is 0.0315. The molecule has 0 unspecified atom stereocenters. The van der Waals surface area contributed by atoms with Crippen LogP contribution in [0.3, 0.4) is 0 Å². The molecular weight excluding hydrogens is 284 g/mol. The van der Waals surface area contributed by atoms with E-state index < -0.39 is 5.91 Å². The molecule has 0 heterocycles. The molecule has 2 fully saturated rings. The minimum atomic E-state index is -0.444. The number of hydrogen-bond acceptors (Lipinski definition) is 4. The molecule has 124 valence electrons. The second-order valence-corrected chi connectivity index (χ2v) is 6.80. The van der Waals surface area contributed by atoms with Crippen LogP contribution in [0.15, 0.2) is 0 Å². The largest absolute Gasteiger partial charge is 0.456 e. The predicted molar refractivity (Wildman–Crippen MR) is 80.8 cm³/mol. The van der Waals surface area contributed by atoms with E-state index in [4.69, 9.17) is 4.74 Å². The van der Waals surface area contributed by atoms with Crippen molar-refractivity contribution >= 4 is 17.8 Å². The Morgan fingerprint density at radius 2 is 1.91 bits per heavy atom. The molecule has 0 aromatic carbocycles. The molecule has 2 saturated carbocycles. The summed E-state index contributed by atoms with van der Waals surface area (Å²) in [6.07, 6.45) is 5.33. The van der Waals surface area contributed by atoms with Gasteiger partial charge in [0.2, 0.25) is 5.91 Å². The number of carbonyl (C=O) groups is 3. The van der Waals surface area contributed by atoms with Gasteiger partial charge in [0.1, 0.15) is 0 Å². The maximum atomic E-state index is 11.8. The lowest BCUT2D eigenvalue weighted by Crippen LogP contribution is -2.41. The SMILES string of the molecule is CC(C)NC(=O)CNC(=O)COC(=O)C[C@@H]1C[C@H]2CC[C@@H]1C2. The van der Waals surface area contributed by atoms with Crippen LogP contribution in [0.25, 0.3) is 0 Å². The zero-order valence-electron chi connectivity index (χ0n) is 13.4. The van der Waals surface area contributed by atoms with Gasteiger partial charge in [0.15, 0.2) is 6.61 Å². The van der Waals surface area contributed by atoms with Crippen LogP contribution in [0.4, 0.5) is 0 Å². The van der Waals surface area contributed by atoms with E-state index in [9.17, 15) is 14.4 Å². The summed E-state index contributed by atoms with van der Waals surface area (Å²) in [5, 5.41) is 5.10. The standard InChI is InChI=1S/C16H26N2O4/c1-10(2)18-14(19)8-17-15(20)9-22-16(21)7-13-6-11-3-4-12(13)5-11/h10-13H,3-9H2,1-2H3,(H,17,20)(H,18,19)/t11-,12+,13-/m0/s1. The van der Waals surface area contributed by atoms with Crippen molar-refractivity contribution in [2.24, 2.45) is 17.8 Å². The van der Waals surface area contributed by atoms with Crippen LogP contribution in [0.5, 0.6) is 0 Å². The molecule has 2 N–H and O–H groups in total. The lowest BCUT2D eigenvalue weighted by molar-refractivity contribution is -0.149. The van der Waals surface area contributed by atoms with Crippen LogP contribution < -0.4 is 10.6 Å². The lowest BCUT2D eigenvalue weighted by Gasteiger charge is -2.20. The van der Waals surface area contributed by atoms with Crippen molar-refractivity contribution in [1.82, 2.24) is 10.6 Å². The third-order valence-electron chi connectivity index (χ3n) is 4.57. The molecule has 0 radical (unpaired) electrons. The summed E-state index contributed by atoms with van der Waals surface area (Å²) < 4.78 is 5.00. The minimum Gasteiger partial charge on any atom is -0.456 e. The highest BCUT2D eigenvalue weighted by Crippen LogP contribution is 2.49. The van der Waals surface area contributed by atoms with Crippen molar-refractivity contribution in [2.45, 2.75) is 52.0 Å². The van der Waals surface area contributed by atoms with Crippen molar-refractivity contribution in [3.63, 3.8) is 0 Å². The highest BCUT2D eigenvalue weighted by atomic mass is 16.5. The van der Waals surface area contributed by atoms with Crippen molar-refractivity contribution in [2.75, 3.05) is 13.2 Å². The van der Waals surface area contributed by atoms with Crippen LogP contribution in [0, 0.1) is 17.8 Å². The lowest BCUT2D eigenvalue weighted by atomic mass is 9.86. The van der Waals surface area contributed by atoms with Gasteiger partial charge in [-0.3, -0.25) is 14.4 Å². The molecule has 22 heavy (non-hydrogen) atoms. The zero-order chi connectivity index (χ0) is 16.1. The molecule has 3 atom stereocenters. The van der Waals surface area contributed by atoms with Gasteiger partial charge < -0.3 is 15.4 Å². The van der Waals surface area contributed by atoms with Crippen molar-refractivity contribution in [3.8, 4) is 0 Å². The number of hydrogen-bond donors (Lipinski definition) is 2.